The largest absolute Gasteiger partial charge is 0.449 e. The number of rotatable bonds is 5. The number of hydrogen-bond acceptors (Lipinski definition) is 4. The van der Waals surface area contributed by atoms with E-state index < -0.39 is 34.5 Å². The second-order valence-electron chi connectivity index (χ2n) is 8.00. The van der Waals surface area contributed by atoms with E-state index in [1.807, 2.05) is 0 Å². The lowest BCUT2D eigenvalue weighted by Crippen LogP contribution is -2.35. The number of carbonyl (C=O) groups excluding carboxylic acids is 1. The lowest BCUT2D eigenvalue weighted by molar-refractivity contribution is -0.147. The summed E-state index contributed by atoms with van der Waals surface area (Å²) in [6.07, 6.45) is -2.19. The van der Waals surface area contributed by atoms with Gasteiger partial charge in [0.1, 0.15) is 6.54 Å². The van der Waals surface area contributed by atoms with Gasteiger partial charge in [-0.1, -0.05) is 24.6 Å². The molecule has 7 nitrogen and oxygen atoms in total. The molecule has 1 amide bonds. The van der Waals surface area contributed by atoms with Crippen LogP contribution in [0.2, 0.25) is 0 Å². The molecule has 0 saturated carbocycles. The van der Waals surface area contributed by atoms with E-state index in [1.165, 1.54) is 28.6 Å². The maximum absolute atomic E-state index is 13.5. The van der Waals surface area contributed by atoms with Gasteiger partial charge in [0.05, 0.1) is 15.9 Å². The van der Waals surface area contributed by atoms with Crippen LogP contribution in [0.15, 0.2) is 47.4 Å². The first kappa shape index (κ1) is 23.2. The maximum Gasteiger partial charge on any atom is 0.449 e. The van der Waals surface area contributed by atoms with Crippen molar-refractivity contribution in [3.05, 3.63) is 53.9 Å². The number of piperidine rings is 1. The molecule has 1 aromatic heterocycles. The zero-order valence-corrected chi connectivity index (χ0v) is 18.7. The summed E-state index contributed by atoms with van der Waals surface area (Å²) in [5, 5.41) is 2.57. The van der Waals surface area contributed by atoms with Gasteiger partial charge in [0, 0.05) is 18.8 Å². The molecule has 1 fully saturated rings. The average molecular weight is 481 g/mol. The second-order valence-corrected chi connectivity index (χ2v) is 9.94. The predicted octanol–water partition coefficient (Wildman–Crippen LogP) is 4.18. The summed E-state index contributed by atoms with van der Waals surface area (Å²) in [6.45, 7) is 1.93. The van der Waals surface area contributed by atoms with Crippen molar-refractivity contribution in [2.75, 3.05) is 18.4 Å². The fraction of sp³-hybridized carbons (Fsp3) is 0.364. The molecule has 176 valence electrons. The van der Waals surface area contributed by atoms with Crippen molar-refractivity contribution in [2.45, 2.75) is 43.8 Å². The Morgan fingerprint density at radius 3 is 2.48 bits per heavy atom. The molecule has 11 heteroatoms. The molecule has 0 bridgehead atoms. The summed E-state index contributed by atoms with van der Waals surface area (Å²) >= 11 is 0. The van der Waals surface area contributed by atoms with Gasteiger partial charge in [0.25, 0.3) is 0 Å². The number of sulfonamides is 1. The van der Waals surface area contributed by atoms with E-state index in [2.05, 4.69) is 10.3 Å². The summed E-state index contributed by atoms with van der Waals surface area (Å²) in [6, 6.07) is 10.4. The molecule has 0 aliphatic carbocycles. The summed E-state index contributed by atoms with van der Waals surface area (Å²) in [5.74, 6) is -1.89. The van der Waals surface area contributed by atoms with E-state index in [-0.39, 0.29) is 21.6 Å². The molecular formula is C22H23F3N4O3S. The smallest absolute Gasteiger partial charge is 0.324 e. The Labute approximate surface area is 189 Å². The summed E-state index contributed by atoms with van der Waals surface area (Å²) in [4.78, 5) is 16.4. The van der Waals surface area contributed by atoms with Gasteiger partial charge in [0.15, 0.2) is 0 Å². The first-order chi connectivity index (χ1) is 15.6. The number of benzene rings is 2. The molecule has 0 radical (unpaired) electrons. The molecule has 1 aliphatic rings. The number of hydrogen-bond donors (Lipinski definition) is 1. The Morgan fingerprint density at radius 2 is 1.79 bits per heavy atom. The molecule has 1 N–H and O–H groups in total. The first-order valence-corrected chi connectivity index (χ1v) is 11.9. The van der Waals surface area contributed by atoms with Gasteiger partial charge in [-0.2, -0.15) is 17.5 Å². The first-order valence-electron chi connectivity index (χ1n) is 10.5. The van der Waals surface area contributed by atoms with Crippen LogP contribution in [0, 0.1) is 6.92 Å². The minimum absolute atomic E-state index is 0.0364. The molecule has 2 aromatic carbocycles. The number of amides is 1. The Kier molecular flexibility index (Phi) is 6.19. The van der Waals surface area contributed by atoms with E-state index in [0.717, 1.165) is 23.8 Å². The Morgan fingerprint density at radius 1 is 1.09 bits per heavy atom. The van der Waals surface area contributed by atoms with Crippen LogP contribution in [0.5, 0.6) is 0 Å². The number of alkyl halides is 3. The molecule has 0 spiro atoms. The van der Waals surface area contributed by atoms with Gasteiger partial charge in [-0.05, 0) is 49.6 Å². The van der Waals surface area contributed by atoms with Gasteiger partial charge in [-0.15, -0.1) is 0 Å². The lowest BCUT2D eigenvalue weighted by Gasteiger charge is -2.26. The summed E-state index contributed by atoms with van der Waals surface area (Å²) in [7, 11) is -3.72. The molecule has 33 heavy (non-hydrogen) atoms. The van der Waals surface area contributed by atoms with Gasteiger partial charge in [0.2, 0.25) is 21.8 Å². The number of imidazole rings is 1. The molecule has 1 aliphatic heterocycles. The van der Waals surface area contributed by atoms with Crippen LogP contribution in [-0.4, -0.2) is 41.3 Å². The third kappa shape index (κ3) is 4.74. The maximum atomic E-state index is 13.5. The number of nitrogens with zero attached hydrogens (tertiary/aromatic N) is 3. The van der Waals surface area contributed by atoms with Crippen molar-refractivity contribution >= 4 is 32.7 Å². The average Bonchev–Trinajstić information content (AvgIpc) is 3.15. The molecule has 1 saturated heterocycles. The third-order valence-electron chi connectivity index (χ3n) is 5.65. The fourth-order valence-electron chi connectivity index (χ4n) is 3.94. The number of halogens is 3. The van der Waals surface area contributed by atoms with Crippen LogP contribution in [0.1, 0.15) is 30.7 Å². The highest BCUT2D eigenvalue weighted by molar-refractivity contribution is 7.89. The number of carbonyl (C=O) groups is 1. The Hall–Kier alpha value is -2.92. The van der Waals surface area contributed by atoms with Crippen molar-refractivity contribution in [2.24, 2.45) is 0 Å². The van der Waals surface area contributed by atoms with Crippen molar-refractivity contribution in [1.29, 1.82) is 0 Å². The highest BCUT2D eigenvalue weighted by Gasteiger charge is 2.38. The fourth-order valence-corrected chi connectivity index (χ4v) is 5.48. The van der Waals surface area contributed by atoms with Crippen molar-refractivity contribution in [3.8, 4) is 0 Å². The number of aromatic nitrogens is 2. The van der Waals surface area contributed by atoms with Gasteiger partial charge in [-0.25, -0.2) is 13.4 Å². The highest BCUT2D eigenvalue weighted by atomic mass is 32.2. The van der Waals surface area contributed by atoms with Crippen LogP contribution >= 0.6 is 0 Å². The van der Waals surface area contributed by atoms with E-state index in [9.17, 15) is 26.4 Å². The number of para-hydroxylation sites is 2. The zero-order chi connectivity index (χ0) is 23.8. The van der Waals surface area contributed by atoms with Crippen molar-refractivity contribution < 1.29 is 26.4 Å². The third-order valence-corrected chi connectivity index (χ3v) is 7.54. The number of anilines is 1. The van der Waals surface area contributed by atoms with Crippen LogP contribution < -0.4 is 5.32 Å². The molecule has 2 heterocycles. The topological polar surface area (TPSA) is 84.3 Å². The van der Waals surface area contributed by atoms with Gasteiger partial charge >= 0.3 is 6.18 Å². The van der Waals surface area contributed by atoms with Gasteiger partial charge in [-0.3, -0.25) is 4.79 Å². The highest BCUT2D eigenvalue weighted by Crippen LogP contribution is 2.32. The minimum Gasteiger partial charge on any atom is -0.324 e. The second kappa shape index (κ2) is 8.79. The lowest BCUT2D eigenvalue weighted by atomic mass is 10.2. The van der Waals surface area contributed by atoms with E-state index in [1.54, 1.807) is 25.1 Å². The standard InChI is InChI=1S/C22H23F3N4O3S/c1-15-9-10-16(33(31,32)28-11-5-2-6-12-28)13-18(15)26-20(30)14-29-19-8-4-3-7-17(19)27-21(29)22(23,24)25/h3-4,7-10,13H,2,5-6,11-12,14H2,1H3,(H,26,30). The van der Waals surface area contributed by atoms with Gasteiger partial charge < -0.3 is 9.88 Å². The predicted molar refractivity (Wildman–Crippen MR) is 117 cm³/mol. The molecule has 4 rings (SSSR count). The quantitative estimate of drug-likeness (QED) is 0.594. The van der Waals surface area contributed by atoms with Crippen LogP contribution in [0.25, 0.3) is 11.0 Å². The summed E-state index contributed by atoms with van der Waals surface area (Å²) in [5.41, 5.74) is 1.13. The summed E-state index contributed by atoms with van der Waals surface area (Å²) < 4.78 is 68.7. The molecule has 0 unspecified atom stereocenters. The normalized spacial score (nSPS) is 15.6. The molecule has 0 atom stereocenters. The molecule has 3 aromatic rings. The van der Waals surface area contributed by atoms with Crippen LogP contribution in [0.4, 0.5) is 18.9 Å². The monoisotopic (exact) mass is 480 g/mol. The number of aryl methyl sites for hydroxylation is 1. The number of nitrogens with one attached hydrogen (secondary N) is 1. The van der Waals surface area contributed by atoms with E-state index in [4.69, 9.17) is 0 Å². The minimum atomic E-state index is -4.74. The van der Waals surface area contributed by atoms with E-state index in [0.29, 0.717) is 18.7 Å². The van der Waals surface area contributed by atoms with Crippen LogP contribution in [-0.2, 0) is 27.5 Å². The SMILES string of the molecule is Cc1ccc(S(=O)(=O)N2CCCCC2)cc1NC(=O)Cn1c(C(F)(F)F)nc2ccccc21. The number of fused-ring (bicyclic) bond motifs is 1. The Balaban J connectivity index is 1.61. The molecular weight excluding hydrogens is 457 g/mol. The van der Waals surface area contributed by atoms with Crippen LogP contribution in [0.3, 0.4) is 0 Å². The Bertz CT molecular complexity index is 1300. The zero-order valence-electron chi connectivity index (χ0n) is 17.9. The van der Waals surface area contributed by atoms with Crippen molar-refractivity contribution in [1.82, 2.24) is 13.9 Å². The van der Waals surface area contributed by atoms with E-state index >= 15 is 0 Å². The van der Waals surface area contributed by atoms with Crippen molar-refractivity contribution in [3.63, 3.8) is 0 Å².